The molecule has 0 N–H and O–H groups in total. The van der Waals surface area contributed by atoms with E-state index in [-0.39, 0.29) is 0 Å². The lowest BCUT2D eigenvalue weighted by molar-refractivity contribution is 0.156. The topological polar surface area (TPSA) is 18.8 Å². The first-order valence-electron chi connectivity index (χ1n) is 7.99. The average Bonchev–Trinajstić information content (AvgIpc) is 2.47. The summed E-state index contributed by atoms with van der Waals surface area (Å²) in [5.41, 5.74) is 2.25. The van der Waals surface area contributed by atoms with Gasteiger partial charge in [0.05, 0.1) is 5.70 Å². The predicted molar refractivity (Wildman–Crippen MR) is 93.9 cm³/mol. The molecule has 0 aromatic carbocycles. The van der Waals surface area contributed by atoms with E-state index in [0.29, 0.717) is 5.92 Å². The van der Waals surface area contributed by atoms with E-state index in [4.69, 9.17) is 0 Å². The summed E-state index contributed by atoms with van der Waals surface area (Å²) in [7, 11) is 2.19. The van der Waals surface area contributed by atoms with Gasteiger partial charge >= 0.3 is 0 Å². The molecule has 1 aliphatic heterocycles. The molecule has 0 unspecified atom stereocenters. The molecular weight excluding hydrogens is 258 g/mol. The van der Waals surface area contributed by atoms with Crippen LogP contribution in [0.4, 0.5) is 0 Å². The first kappa shape index (κ1) is 17.9. The minimum Gasteiger partial charge on any atom is -0.304 e. The second-order valence-electron chi connectivity index (χ2n) is 5.97. The van der Waals surface area contributed by atoms with Gasteiger partial charge in [-0.15, -0.1) is 0 Å². The van der Waals surface area contributed by atoms with Gasteiger partial charge in [-0.3, -0.25) is 4.99 Å². The quantitative estimate of drug-likeness (QED) is 0.528. The summed E-state index contributed by atoms with van der Waals surface area (Å²) in [5, 5.41) is 0. The van der Waals surface area contributed by atoms with Crippen molar-refractivity contribution in [3.8, 4) is 0 Å². The minimum atomic E-state index is 0.477. The largest absolute Gasteiger partial charge is 0.304 e. The predicted octanol–water partition coefficient (Wildman–Crippen LogP) is 3.37. The molecule has 1 fully saturated rings. The lowest BCUT2D eigenvalue weighted by Crippen LogP contribution is -2.44. The molecule has 1 rings (SSSR count). The van der Waals surface area contributed by atoms with Crippen LogP contribution in [-0.2, 0) is 0 Å². The fourth-order valence-electron chi connectivity index (χ4n) is 2.60. The van der Waals surface area contributed by atoms with E-state index in [1.807, 2.05) is 0 Å². The molecule has 0 bridgehead atoms. The lowest BCUT2D eigenvalue weighted by Gasteiger charge is -2.31. The molecule has 1 saturated heterocycles. The monoisotopic (exact) mass is 289 g/mol. The maximum absolute atomic E-state index is 4.15. The number of rotatable bonds is 7. The van der Waals surface area contributed by atoms with Gasteiger partial charge in [0.25, 0.3) is 0 Å². The zero-order chi connectivity index (χ0) is 15.7. The van der Waals surface area contributed by atoms with Crippen LogP contribution in [0.15, 0.2) is 40.6 Å². The van der Waals surface area contributed by atoms with Crippen molar-refractivity contribution >= 4 is 6.72 Å². The Hall–Kier alpha value is -1.19. The molecule has 1 aliphatic rings. The van der Waals surface area contributed by atoms with E-state index in [0.717, 1.165) is 18.7 Å². The molecule has 0 spiro atoms. The highest BCUT2D eigenvalue weighted by molar-refractivity contribution is 5.40. The Morgan fingerprint density at radius 3 is 2.43 bits per heavy atom. The van der Waals surface area contributed by atoms with Gasteiger partial charge in [-0.25, -0.2) is 0 Å². The third-order valence-electron chi connectivity index (χ3n) is 4.00. The Morgan fingerprint density at radius 2 is 1.90 bits per heavy atom. The van der Waals surface area contributed by atoms with E-state index in [9.17, 15) is 0 Å². The van der Waals surface area contributed by atoms with E-state index in [1.165, 1.54) is 31.8 Å². The SMILES string of the molecule is C=NC(=C\C=C/CCN1CCN(C)CC1)/C(=C\C)C(C)C. The van der Waals surface area contributed by atoms with Gasteiger partial charge in [0, 0.05) is 32.7 Å². The Labute approximate surface area is 130 Å². The minimum absolute atomic E-state index is 0.477. The molecule has 0 atom stereocenters. The van der Waals surface area contributed by atoms with Gasteiger partial charge in [-0.05, 0) is 44.7 Å². The summed E-state index contributed by atoms with van der Waals surface area (Å²) < 4.78 is 0. The van der Waals surface area contributed by atoms with Crippen molar-refractivity contribution in [2.75, 3.05) is 39.8 Å². The maximum atomic E-state index is 4.15. The molecule has 0 aromatic heterocycles. The highest BCUT2D eigenvalue weighted by Crippen LogP contribution is 2.20. The summed E-state index contributed by atoms with van der Waals surface area (Å²) in [6, 6.07) is 0. The molecule has 0 aromatic rings. The first-order chi connectivity index (χ1) is 10.1. The van der Waals surface area contributed by atoms with Crippen LogP contribution >= 0.6 is 0 Å². The van der Waals surface area contributed by atoms with E-state index < -0.39 is 0 Å². The van der Waals surface area contributed by atoms with Gasteiger partial charge in [0.2, 0.25) is 0 Å². The van der Waals surface area contributed by atoms with Gasteiger partial charge < -0.3 is 9.80 Å². The van der Waals surface area contributed by atoms with Gasteiger partial charge in [0.1, 0.15) is 0 Å². The van der Waals surface area contributed by atoms with Crippen LogP contribution in [0.5, 0.6) is 0 Å². The fraction of sp³-hybridized carbons (Fsp3) is 0.611. The Kier molecular flexibility index (Phi) is 8.24. The van der Waals surface area contributed by atoms with Crippen LogP contribution in [0, 0.1) is 5.92 Å². The van der Waals surface area contributed by atoms with E-state index in [2.05, 4.69) is 73.6 Å². The second kappa shape index (κ2) is 9.69. The van der Waals surface area contributed by atoms with Crippen molar-refractivity contribution in [1.82, 2.24) is 9.80 Å². The van der Waals surface area contributed by atoms with Crippen LogP contribution in [0.1, 0.15) is 27.2 Å². The molecule has 3 heteroatoms. The van der Waals surface area contributed by atoms with Gasteiger partial charge in [-0.1, -0.05) is 32.1 Å². The Morgan fingerprint density at radius 1 is 1.24 bits per heavy atom. The van der Waals surface area contributed by atoms with E-state index in [1.54, 1.807) is 0 Å². The van der Waals surface area contributed by atoms with E-state index >= 15 is 0 Å². The van der Waals surface area contributed by atoms with Crippen molar-refractivity contribution in [3.05, 3.63) is 35.6 Å². The molecule has 1 heterocycles. The maximum Gasteiger partial charge on any atom is 0.0653 e. The molecule has 118 valence electrons. The van der Waals surface area contributed by atoms with Crippen molar-refractivity contribution in [2.45, 2.75) is 27.2 Å². The van der Waals surface area contributed by atoms with Crippen LogP contribution in [0.25, 0.3) is 0 Å². The van der Waals surface area contributed by atoms with Crippen LogP contribution in [0.3, 0.4) is 0 Å². The third-order valence-corrected chi connectivity index (χ3v) is 4.00. The molecule has 0 aliphatic carbocycles. The summed E-state index contributed by atoms with van der Waals surface area (Å²) in [6.45, 7) is 16.0. The smallest absolute Gasteiger partial charge is 0.0653 e. The Balaban J connectivity index is 2.41. The van der Waals surface area contributed by atoms with Crippen LogP contribution in [-0.4, -0.2) is 56.3 Å². The fourth-order valence-corrected chi connectivity index (χ4v) is 2.60. The van der Waals surface area contributed by atoms with Crippen molar-refractivity contribution in [1.29, 1.82) is 0 Å². The first-order valence-corrected chi connectivity index (χ1v) is 7.99. The zero-order valence-corrected chi connectivity index (χ0v) is 14.2. The average molecular weight is 289 g/mol. The van der Waals surface area contributed by atoms with Crippen molar-refractivity contribution in [2.24, 2.45) is 10.9 Å². The number of allylic oxidation sites excluding steroid dienone is 4. The highest BCUT2D eigenvalue weighted by atomic mass is 15.2. The normalized spacial score (nSPS) is 19.7. The summed E-state index contributed by atoms with van der Waals surface area (Å²) in [4.78, 5) is 9.08. The molecule has 0 amide bonds. The number of likely N-dealkylation sites (N-methyl/N-ethyl adjacent to an activating group) is 1. The van der Waals surface area contributed by atoms with Crippen molar-refractivity contribution < 1.29 is 0 Å². The van der Waals surface area contributed by atoms with Crippen molar-refractivity contribution in [3.63, 3.8) is 0 Å². The molecule has 21 heavy (non-hydrogen) atoms. The summed E-state index contributed by atoms with van der Waals surface area (Å²) >= 11 is 0. The molecular formula is C18H31N3. The third kappa shape index (κ3) is 6.40. The number of aliphatic imine (C=N–C) groups is 1. The lowest BCUT2D eigenvalue weighted by atomic mass is 9.99. The van der Waals surface area contributed by atoms with Gasteiger partial charge in [0.15, 0.2) is 0 Å². The molecule has 0 radical (unpaired) electrons. The zero-order valence-electron chi connectivity index (χ0n) is 14.2. The summed E-state index contributed by atoms with van der Waals surface area (Å²) in [6.07, 6.45) is 9.65. The Bertz CT molecular complexity index is 397. The second-order valence-corrected chi connectivity index (χ2v) is 5.97. The number of nitrogens with zero attached hydrogens (tertiary/aromatic N) is 3. The number of hydrogen-bond donors (Lipinski definition) is 0. The van der Waals surface area contributed by atoms with Crippen LogP contribution in [0.2, 0.25) is 0 Å². The molecule has 0 saturated carbocycles. The number of piperazine rings is 1. The van der Waals surface area contributed by atoms with Crippen LogP contribution < -0.4 is 0 Å². The van der Waals surface area contributed by atoms with Gasteiger partial charge in [-0.2, -0.15) is 0 Å². The molecule has 3 nitrogen and oxygen atoms in total. The number of hydrogen-bond acceptors (Lipinski definition) is 3. The summed E-state index contributed by atoms with van der Waals surface area (Å²) in [5.74, 6) is 0.477. The highest BCUT2D eigenvalue weighted by Gasteiger charge is 2.12. The standard InChI is InChI=1S/C18H31N3/c1-6-17(16(2)3)18(19-4)10-8-7-9-11-21-14-12-20(5)13-15-21/h6-8,10,16H,4,9,11-15H2,1-3,5H3/b8-7-,17-6-,18-10-.